The van der Waals surface area contributed by atoms with E-state index >= 15 is 0 Å². The molecule has 3 rings (SSSR count). The van der Waals surface area contributed by atoms with E-state index in [0.717, 1.165) is 38.6 Å². The number of rotatable bonds is 3. The SMILES string of the molecule is CC1CC(NC2=NCCCN2)CCN1Cc1ccccc1. The van der Waals surface area contributed by atoms with Gasteiger partial charge in [0, 0.05) is 38.3 Å². The zero-order valence-electron chi connectivity index (χ0n) is 12.9. The van der Waals surface area contributed by atoms with Crippen LogP contribution in [0.3, 0.4) is 0 Å². The Kier molecular flexibility index (Phi) is 4.76. The van der Waals surface area contributed by atoms with E-state index in [1.54, 1.807) is 0 Å². The molecule has 1 saturated heterocycles. The second-order valence-electron chi connectivity index (χ2n) is 6.18. The Morgan fingerprint density at radius 3 is 2.90 bits per heavy atom. The molecule has 0 aromatic heterocycles. The third-order valence-corrected chi connectivity index (χ3v) is 4.48. The second kappa shape index (κ2) is 6.94. The zero-order valence-corrected chi connectivity index (χ0v) is 12.9. The van der Waals surface area contributed by atoms with Gasteiger partial charge in [-0.3, -0.25) is 9.89 Å². The van der Waals surface area contributed by atoms with E-state index in [-0.39, 0.29) is 0 Å². The van der Waals surface area contributed by atoms with Crippen LogP contribution in [0.25, 0.3) is 0 Å². The molecule has 0 saturated carbocycles. The topological polar surface area (TPSA) is 39.7 Å². The molecule has 4 nitrogen and oxygen atoms in total. The molecular weight excluding hydrogens is 260 g/mol. The van der Waals surface area contributed by atoms with E-state index in [2.05, 4.69) is 57.8 Å². The van der Waals surface area contributed by atoms with Crippen molar-refractivity contribution in [3.05, 3.63) is 35.9 Å². The molecule has 0 amide bonds. The van der Waals surface area contributed by atoms with Gasteiger partial charge in [-0.1, -0.05) is 30.3 Å². The molecule has 4 heteroatoms. The summed E-state index contributed by atoms with van der Waals surface area (Å²) in [5.41, 5.74) is 1.41. The summed E-state index contributed by atoms with van der Waals surface area (Å²) in [5.74, 6) is 1.01. The molecule has 2 unspecified atom stereocenters. The first kappa shape index (κ1) is 14.4. The Balaban J connectivity index is 1.51. The number of aliphatic imine (C=N–C) groups is 1. The third kappa shape index (κ3) is 3.97. The van der Waals surface area contributed by atoms with E-state index in [0.29, 0.717) is 12.1 Å². The van der Waals surface area contributed by atoms with Crippen molar-refractivity contribution >= 4 is 5.96 Å². The van der Waals surface area contributed by atoms with Crippen LogP contribution in [0.4, 0.5) is 0 Å². The monoisotopic (exact) mass is 286 g/mol. The van der Waals surface area contributed by atoms with Crippen LogP contribution in [0.15, 0.2) is 35.3 Å². The number of hydrogen-bond donors (Lipinski definition) is 2. The summed E-state index contributed by atoms with van der Waals surface area (Å²) in [6.45, 7) is 6.56. The molecule has 2 aliphatic rings. The first-order chi connectivity index (χ1) is 10.3. The summed E-state index contributed by atoms with van der Waals surface area (Å²) in [6, 6.07) is 11.9. The van der Waals surface area contributed by atoms with Crippen LogP contribution >= 0.6 is 0 Å². The van der Waals surface area contributed by atoms with Crippen molar-refractivity contribution in [2.45, 2.75) is 44.8 Å². The van der Waals surface area contributed by atoms with Crippen molar-refractivity contribution in [2.24, 2.45) is 4.99 Å². The first-order valence-electron chi connectivity index (χ1n) is 8.14. The molecule has 0 spiro atoms. The number of likely N-dealkylation sites (tertiary alicyclic amines) is 1. The summed E-state index contributed by atoms with van der Waals surface area (Å²) < 4.78 is 0. The normalized spacial score (nSPS) is 26.8. The van der Waals surface area contributed by atoms with Crippen LogP contribution < -0.4 is 10.6 Å². The van der Waals surface area contributed by atoms with Crippen LogP contribution in [0.1, 0.15) is 31.7 Å². The van der Waals surface area contributed by atoms with Gasteiger partial charge in [0.15, 0.2) is 5.96 Å². The predicted molar refractivity (Wildman–Crippen MR) is 87.4 cm³/mol. The van der Waals surface area contributed by atoms with E-state index in [1.165, 1.54) is 18.4 Å². The minimum absolute atomic E-state index is 0.552. The zero-order chi connectivity index (χ0) is 14.5. The summed E-state index contributed by atoms with van der Waals surface area (Å²) in [5, 5.41) is 6.94. The number of hydrogen-bond acceptors (Lipinski definition) is 4. The molecule has 2 heterocycles. The van der Waals surface area contributed by atoms with Crippen molar-refractivity contribution in [3.63, 3.8) is 0 Å². The molecule has 114 valence electrons. The smallest absolute Gasteiger partial charge is 0.191 e. The van der Waals surface area contributed by atoms with Gasteiger partial charge in [0.1, 0.15) is 0 Å². The molecule has 2 atom stereocenters. The van der Waals surface area contributed by atoms with E-state index in [1.807, 2.05) is 0 Å². The molecule has 1 aromatic rings. The molecule has 0 bridgehead atoms. The quantitative estimate of drug-likeness (QED) is 0.892. The fourth-order valence-electron chi connectivity index (χ4n) is 3.23. The standard InChI is InChI=1S/C17H26N4/c1-14-12-16(20-17-18-9-5-10-19-17)8-11-21(14)13-15-6-3-2-4-7-15/h2-4,6-7,14,16H,5,8-13H2,1H3,(H2,18,19,20). The maximum absolute atomic E-state index is 4.52. The highest BCUT2D eigenvalue weighted by atomic mass is 15.2. The highest BCUT2D eigenvalue weighted by Crippen LogP contribution is 2.19. The van der Waals surface area contributed by atoms with Gasteiger partial charge in [-0.05, 0) is 31.7 Å². The van der Waals surface area contributed by atoms with Crippen LogP contribution in [0, 0.1) is 0 Å². The fourth-order valence-corrected chi connectivity index (χ4v) is 3.23. The summed E-state index contributed by atoms with van der Waals surface area (Å²) in [4.78, 5) is 7.10. The van der Waals surface area contributed by atoms with Crippen molar-refractivity contribution < 1.29 is 0 Å². The van der Waals surface area contributed by atoms with E-state index in [9.17, 15) is 0 Å². The highest BCUT2D eigenvalue weighted by Gasteiger charge is 2.26. The van der Waals surface area contributed by atoms with Gasteiger partial charge >= 0.3 is 0 Å². The maximum Gasteiger partial charge on any atom is 0.191 e. The Morgan fingerprint density at radius 1 is 1.33 bits per heavy atom. The van der Waals surface area contributed by atoms with E-state index in [4.69, 9.17) is 0 Å². The Hall–Kier alpha value is -1.55. The minimum Gasteiger partial charge on any atom is -0.356 e. The Labute approximate surface area is 127 Å². The summed E-state index contributed by atoms with van der Waals surface area (Å²) in [6.07, 6.45) is 3.53. The number of guanidine groups is 1. The molecule has 2 aliphatic heterocycles. The van der Waals surface area contributed by atoms with Crippen molar-refractivity contribution in [2.75, 3.05) is 19.6 Å². The van der Waals surface area contributed by atoms with Gasteiger partial charge in [0.05, 0.1) is 0 Å². The van der Waals surface area contributed by atoms with Crippen LogP contribution in [-0.2, 0) is 6.54 Å². The number of piperidine rings is 1. The first-order valence-corrected chi connectivity index (χ1v) is 8.14. The second-order valence-corrected chi connectivity index (χ2v) is 6.18. The minimum atomic E-state index is 0.552. The molecule has 2 N–H and O–H groups in total. The summed E-state index contributed by atoms with van der Waals surface area (Å²) >= 11 is 0. The van der Waals surface area contributed by atoms with Gasteiger partial charge in [0.25, 0.3) is 0 Å². The lowest BCUT2D eigenvalue weighted by Gasteiger charge is -2.38. The number of nitrogens with one attached hydrogen (secondary N) is 2. The lowest BCUT2D eigenvalue weighted by Crippen LogP contribution is -2.52. The van der Waals surface area contributed by atoms with Gasteiger partial charge in [0.2, 0.25) is 0 Å². The van der Waals surface area contributed by atoms with Crippen LogP contribution in [0.2, 0.25) is 0 Å². The maximum atomic E-state index is 4.52. The predicted octanol–water partition coefficient (Wildman–Crippen LogP) is 1.98. The lowest BCUT2D eigenvalue weighted by atomic mass is 9.97. The highest BCUT2D eigenvalue weighted by molar-refractivity contribution is 5.80. The third-order valence-electron chi connectivity index (χ3n) is 4.48. The van der Waals surface area contributed by atoms with Gasteiger partial charge in [-0.25, -0.2) is 0 Å². The fraction of sp³-hybridized carbons (Fsp3) is 0.588. The van der Waals surface area contributed by atoms with Crippen molar-refractivity contribution in [3.8, 4) is 0 Å². The molecule has 0 radical (unpaired) electrons. The average molecular weight is 286 g/mol. The average Bonchev–Trinajstić information content (AvgIpc) is 2.52. The summed E-state index contributed by atoms with van der Waals surface area (Å²) in [7, 11) is 0. The van der Waals surface area contributed by atoms with Gasteiger partial charge < -0.3 is 10.6 Å². The molecular formula is C17H26N4. The number of nitrogens with zero attached hydrogens (tertiary/aromatic N) is 2. The van der Waals surface area contributed by atoms with Crippen molar-refractivity contribution in [1.82, 2.24) is 15.5 Å². The largest absolute Gasteiger partial charge is 0.356 e. The number of benzene rings is 1. The lowest BCUT2D eigenvalue weighted by molar-refractivity contribution is 0.134. The van der Waals surface area contributed by atoms with Gasteiger partial charge in [-0.15, -0.1) is 0 Å². The van der Waals surface area contributed by atoms with E-state index < -0.39 is 0 Å². The molecule has 0 aliphatic carbocycles. The van der Waals surface area contributed by atoms with Crippen LogP contribution in [0.5, 0.6) is 0 Å². The van der Waals surface area contributed by atoms with Crippen LogP contribution in [-0.4, -0.2) is 42.6 Å². The van der Waals surface area contributed by atoms with Crippen molar-refractivity contribution in [1.29, 1.82) is 0 Å². The molecule has 1 aromatic carbocycles. The van der Waals surface area contributed by atoms with Gasteiger partial charge in [-0.2, -0.15) is 0 Å². The molecule has 1 fully saturated rings. The Morgan fingerprint density at radius 2 is 2.19 bits per heavy atom. The molecule has 21 heavy (non-hydrogen) atoms. The Bertz CT molecular complexity index is 471.